The number of rotatable bonds is 5. The van der Waals surface area contributed by atoms with Gasteiger partial charge in [0, 0.05) is 17.6 Å². The van der Waals surface area contributed by atoms with Crippen molar-refractivity contribution in [2.45, 2.75) is 26.4 Å². The lowest BCUT2D eigenvalue weighted by Crippen LogP contribution is -2.47. The van der Waals surface area contributed by atoms with E-state index in [1.54, 1.807) is 19.9 Å². The molecule has 1 unspecified atom stereocenters. The van der Waals surface area contributed by atoms with E-state index in [4.69, 9.17) is 0 Å². The standard InChI is InChI=1S/C13H17BrFN3O2/c1-3-16-13(20)18-12(19)8(2)17-7-9-6-10(15)4-5-11(9)14/h4-6,8,17H,3,7H2,1-2H3,(H2,16,18,19,20). The molecule has 0 saturated heterocycles. The maximum Gasteiger partial charge on any atom is 0.321 e. The van der Waals surface area contributed by atoms with Crippen LogP contribution in [0.4, 0.5) is 9.18 Å². The third-order valence-corrected chi connectivity index (χ3v) is 3.35. The maximum absolute atomic E-state index is 13.1. The molecule has 7 heteroatoms. The molecule has 0 aromatic heterocycles. The summed E-state index contributed by atoms with van der Waals surface area (Å²) in [6.45, 7) is 4.13. The molecule has 0 spiro atoms. The third kappa shape index (κ3) is 5.26. The first-order valence-corrected chi connectivity index (χ1v) is 6.99. The molecule has 5 nitrogen and oxygen atoms in total. The Kier molecular flexibility index (Phi) is 6.60. The van der Waals surface area contributed by atoms with Crippen molar-refractivity contribution in [2.24, 2.45) is 0 Å². The normalized spacial score (nSPS) is 11.8. The van der Waals surface area contributed by atoms with E-state index in [2.05, 4.69) is 31.9 Å². The third-order valence-electron chi connectivity index (χ3n) is 2.57. The molecule has 0 bridgehead atoms. The molecule has 3 amide bonds. The molecule has 3 N–H and O–H groups in total. The average molecular weight is 346 g/mol. The van der Waals surface area contributed by atoms with Crippen LogP contribution in [0.1, 0.15) is 19.4 Å². The molecule has 0 saturated carbocycles. The van der Waals surface area contributed by atoms with Crippen LogP contribution in [0.5, 0.6) is 0 Å². The molecule has 20 heavy (non-hydrogen) atoms. The smallest absolute Gasteiger partial charge is 0.321 e. The van der Waals surface area contributed by atoms with Crippen molar-refractivity contribution in [1.29, 1.82) is 0 Å². The van der Waals surface area contributed by atoms with Crippen molar-refractivity contribution >= 4 is 27.9 Å². The van der Waals surface area contributed by atoms with Crippen LogP contribution in [-0.4, -0.2) is 24.5 Å². The summed E-state index contributed by atoms with van der Waals surface area (Å²) in [6, 6.07) is 3.22. The average Bonchev–Trinajstić information content (AvgIpc) is 2.39. The molecule has 1 aromatic carbocycles. The number of halogens is 2. The number of urea groups is 1. The van der Waals surface area contributed by atoms with Crippen molar-refractivity contribution in [2.75, 3.05) is 6.54 Å². The van der Waals surface area contributed by atoms with E-state index < -0.39 is 18.0 Å². The molecule has 0 fully saturated rings. The maximum atomic E-state index is 13.1. The quantitative estimate of drug-likeness (QED) is 0.763. The minimum absolute atomic E-state index is 0.308. The van der Waals surface area contributed by atoms with Gasteiger partial charge >= 0.3 is 6.03 Å². The monoisotopic (exact) mass is 345 g/mol. The zero-order chi connectivity index (χ0) is 15.1. The first kappa shape index (κ1) is 16.6. The molecular formula is C13H17BrFN3O2. The van der Waals surface area contributed by atoms with Crippen LogP contribution in [-0.2, 0) is 11.3 Å². The zero-order valence-corrected chi connectivity index (χ0v) is 12.9. The summed E-state index contributed by atoms with van der Waals surface area (Å²) >= 11 is 3.31. The first-order valence-electron chi connectivity index (χ1n) is 6.20. The molecule has 110 valence electrons. The molecule has 0 radical (unpaired) electrons. The van der Waals surface area contributed by atoms with E-state index in [1.807, 2.05) is 0 Å². The fraction of sp³-hybridized carbons (Fsp3) is 0.385. The van der Waals surface area contributed by atoms with Crippen molar-refractivity contribution in [3.05, 3.63) is 34.1 Å². The van der Waals surface area contributed by atoms with Crippen LogP contribution in [0.15, 0.2) is 22.7 Å². The highest BCUT2D eigenvalue weighted by Crippen LogP contribution is 2.17. The highest BCUT2D eigenvalue weighted by Gasteiger charge is 2.15. The summed E-state index contributed by atoms with van der Waals surface area (Å²) in [4.78, 5) is 22.9. The van der Waals surface area contributed by atoms with E-state index in [0.29, 0.717) is 18.7 Å². The van der Waals surface area contributed by atoms with Crippen molar-refractivity contribution in [3.8, 4) is 0 Å². The highest BCUT2D eigenvalue weighted by molar-refractivity contribution is 9.10. The van der Waals surface area contributed by atoms with Gasteiger partial charge in [0.05, 0.1) is 6.04 Å². The molecule has 0 aliphatic rings. The summed E-state index contributed by atoms with van der Waals surface area (Å²) in [5.74, 6) is -0.784. The molecular weight excluding hydrogens is 329 g/mol. The van der Waals surface area contributed by atoms with Crippen LogP contribution in [0, 0.1) is 5.82 Å². The van der Waals surface area contributed by atoms with Gasteiger partial charge in [-0.05, 0) is 37.6 Å². The van der Waals surface area contributed by atoms with E-state index in [1.165, 1.54) is 12.1 Å². The van der Waals surface area contributed by atoms with Crippen molar-refractivity contribution < 1.29 is 14.0 Å². The number of amides is 3. The molecule has 1 rings (SSSR count). The SMILES string of the molecule is CCNC(=O)NC(=O)C(C)NCc1cc(F)ccc1Br. The summed E-state index contributed by atoms with van der Waals surface area (Å²) in [7, 11) is 0. The number of hydrogen-bond donors (Lipinski definition) is 3. The number of hydrogen-bond acceptors (Lipinski definition) is 3. The Morgan fingerprint density at radius 3 is 2.75 bits per heavy atom. The number of carbonyl (C=O) groups is 2. The molecule has 0 aliphatic carbocycles. The minimum Gasteiger partial charge on any atom is -0.338 e. The predicted molar refractivity (Wildman–Crippen MR) is 77.6 cm³/mol. The van der Waals surface area contributed by atoms with Gasteiger partial charge in [-0.3, -0.25) is 10.1 Å². The van der Waals surface area contributed by atoms with Crippen molar-refractivity contribution in [3.63, 3.8) is 0 Å². The van der Waals surface area contributed by atoms with E-state index in [0.717, 1.165) is 4.47 Å². The second-order valence-electron chi connectivity index (χ2n) is 4.19. The number of imide groups is 1. The van der Waals surface area contributed by atoms with E-state index >= 15 is 0 Å². The first-order chi connectivity index (χ1) is 9.43. The van der Waals surface area contributed by atoms with Gasteiger partial charge in [-0.15, -0.1) is 0 Å². The molecule has 0 aliphatic heterocycles. The van der Waals surface area contributed by atoms with Crippen LogP contribution in [0.2, 0.25) is 0 Å². The minimum atomic E-state index is -0.576. The Morgan fingerprint density at radius 1 is 1.40 bits per heavy atom. The van der Waals surface area contributed by atoms with Crippen LogP contribution in [0.25, 0.3) is 0 Å². The topological polar surface area (TPSA) is 70.2 Å². The van der Waals surface area contributed by atoms with E-state index in [-0.39, 0.29) is 5.82 Å². The largest absolute Gasteiger partial charge is 0.338 e. The number of carbonyl (C=O) groups excluding carboxylic acids is 2. The lowest BCUT2D eigenvalue weighted by molar-refractivity contribution is -0.121. The Bertz CT molecular complexity index is 497. The molecule has 1 atom stereocenters. The van der Waals surface area contributed by atoms with Gasteiger partial charge < -0.3 is 10.6 Å². The lowest BCUT2D eigenvalue weighted by Gasteiger charge is -2.14. The summed E-state index contributed by atoms with van der Waals surface area (Å²) in [6.07, 6.45) is 0. The highest BCUT2D eigenvalue weighted by atomic mass is 79.9. The zero-order valence-electron chi connectivity index (χ0n) is 11.3. The van der Waals surface area contributed by atoms with Crippen LogP contribution < -0.4 is 16.0 Å². The number of nitrogens with one attached hydrogen (secondary N) is 3. The van der Waals surface area contributed by atoms with Gasteiger partial charge in [0.1, 0.15) is 5.82 Å². The van der Waals surface area contributed by atoms with Gasteiger partial charge in [0.15, 0.2) is 0 Å². The van der Waals surface area contributed by atoms with Gasteiger partial charge in [0.2, 0.25) is 5.91 Å². The Balaban J connectivity index is 2.50. The lowest BCUT2D eigenvalue weighted by atomic mass is 10.2. The fourth-order valence-electron chi connectivity index (χ4n) is 1.46. The predicted octanol–water partition coefficient (Wildman–Crippen LogP) is 1.91. The Labute approximate surface area is 125 Å². The fourth-order valence-corrected chi connectivity index (χ4v) is 1.85. The van der Waals surface area contributed by atoms with Gasteiger partial charge in [0.25, 0.3) is 0 Å². The van der Waals surface area contributed by atoms with Crippen LogP contribution in [0.3, 0.4) is 0 Å². The molecule has 0 heterocycles. The second-order valence-corrected chi connectivity index (χ2v) is 5.04. The van der Waals surface area contributed by atoms with Crippen molar-refractivity contribution in [1.82, 2.24) is 16.0 Å². The summed E-state index contributed by atoms with van der Waals surface area (Å²) in [5, 5.41) is 7.60. The van der Waals surface area contributed by atoms with Gasteiger partial charge in [-0.2, -0.15) is 0 Å². The Morgan fingerprint density at radius 2 is 2.10 bits per heavy atom. The number of benzene rings is 1. The summed E-state index contributed by atoms with van der Waals surface area (Å²) < 4.78 is 13.9. The summed E-state index contributed by atoms with van der Waals surface area (Å²) in [5.41, 5.74) is 0.697. The van der Waals surface area contributed by atoms with Gasteiger partial charge in [-0.25, -0.2) is 9.18 Å². The van der Waals surface area contributed by atoms with Gasteiger partial charge in [-0.1, -0.05) is 15.9 Å². The second kappa shape index (κ2) is 7.96. The Hall–Kier alpha value is -1.47. The van der Waals surface area contributed by atoms with Crippen LogP contribution >= 0.6 is 15.9 Å². The molecule has 1 aromatic rings. The van der Waals surface area contributed by atoms with E-state index in [9.17, 15) is 14.0 Å².